The van der Waals surface area contributed by atoms with Crippen molar-refractivity contribution >= 4 is 17.9 Å². The van der Waals surface area contributed by atoms with Crippen molar-refractivity contribution in [2.75, 3.05) is 13.2 Å². The summed E-state index contributed by atoms with van der Waals surface area (Å²) in [5, 5.41) is 0. The Bertz CT molecular complexity index is 1320. The van der Waals surface area contributed by atoms with Crippen LogP contribution in [-0.2, 0) is 19.1 Å². The molecule has 0 N–H and O–H groups in total. The Morgan fingerprint density at radius 2 is 1.12 bits per heavy atom. The van der Waals surface area contributed by atoms with Gasteiger partial charge in [-0.2, -0.15) is 0 Å². The van der Waals surface area contributed by atoms with Gasteiger partial charge in [-0.1, -0.05) is 73.8 Å². The van der Waals surface area contributed by atoms with Gasteiger partial charge in [-0.15, -0.1) is 13.2 Å². The molecule has 0 bridgehead atoms. The topological polar surface area (TPSA) is 78.9 Å². The molecule has 0 heterocycles. The molecule has 0 unspecified atom stereocenters. The number of carbonyl (C=O) groups is 3. The van der Waals surface area contributed by atoms with Crippen LogP contribution in [0.4, 0.5) is 0 Å². The SMILES string of the molecule is C=C.C=CC(=O)OCC/C=C/CCOC(=O)c1ccc(-c2ccc(-c3ccc(OC(=O)C(=C)C)cc3)cc2)cc1. The minimum atomic E-state index is -0.448. The minimum absolute atomic E-state index is 0.266. The Morgan fingerprint density at radius 1 is 0.700 bits per heavy atom. The highest BCUT2D eigenvalue weighted by molar-refractivity contribution is 5.90. The molecule has 0 atom stereocenters. The molecule has 0 spiro atoms. The van der Waals surface area contributed by atoms with E-state index in [2.05, 4.69) is 26.3 Å². The number of hydrogen-bond donors (Lipinski definition) is 0. The molecule has 6 nitrogen and oxygen atoms in total. The summed E-state index contributed by atoms with van der Waals surface area (Å²) in [4.78, 5) is 34.9. The third kappa shape index (κ3) is 10.1. The van der Waals surface area contributed by atoms with Crippen molar-refractivity contribution < 1.29 is 28.6 Å². The van der Waals surface area contributed by atoms with Crippen molar-refractivity contribution in [3.05, 3.63) is 128 Å². The zero-order valence-electron chi connectivity index (χ0n) is 22.8. The average molecular weight is 539 g/mol. The fourth-order valence-electron chi connectivity index (χ4n) is 3.39. The van der Waals surface area contributed by atoms with Crippen LogP contribution in [0.2, 0.25) is 0 Å². The quantitative estimate of drug-likeness (QED) is 0.0780. The van der Waals surface area contributed by atoms with Crippen molar-refractivity contribution in [3.8, 4) is 28.0 Å². The van der Waals surface area contributed by atoms with E-state index in [1.807, 2.05) is 60.7 Å². The van der Waals surface area contributed by atoms with E-state index in [0.717, 1.165) is 28.3 Å². The zero-order chi connectivity index (χ0) is 29.3. The maximum atomic E-state index is 12.3. The fraction of sp³-hybridized carbons (Fsp3) is 0.147. The minimum Gasteiger partial charge on any atom is -0.462 e. The molecule has 0 aromatic heterocycles. The molecule has 0 radical (unpaired) electrons. The van der Waals surface area contributed by atoms with Gasteiger partial charge in [0.1, 0.15) is 5.75 Å². The van der Waals surface area contributed by atoms with Crippen molar-refractivity contribution in [3.63, 3.8) is 0 Å². The Balaban J connectivity index is 0.00000274. The van der Waals surface area contributed by atoms with E-state index >= 15 is 0 Å². The molecule has 6 heteroatoms. The molecule has 0 amide bonds. The zero-order valence-corrected chi connectivity index (χ0v) is 22.8. The number of rotatable bonds is 12. The second kappa shape index (κ2) is 16.8. The van der Waals surface area contributed by atoms with Gasteiger partial charge in [0, 0.05) is 11.6 Å². The second-order valence-corrected chi connectivity index (χ2v) is 8.41. The Labute approximate surface area is 235 Å². The van der Waals surface area contributed by atoms with Crippen molar-refractivity contribution in [2.24, 2.45) is 0 Å². The molecule has 0 aliphatic rings. The summed E-state index contributed by atoms with van der Waals surface area (Å²) in [6.07, 6.45) is 6.06. The van der Waals surface area contributed by atoms with Gasteiger partial charge in [0.25, 0.3) is 0 Å². The molecule has 0 fully saturated rings. The number of ether oxygens (including phenoxy) is 3. The lowest BCUT2D eigenvalue weighted by atomic mass is 9.99. The summed E-state index contributed by atoms with van der Waals surface area (Å²) in [6, 6.07) is 22.6. The predicted molar refractivity (Wildman–Crippen MR) is 159 cm³/mol. The monoisotopic (exact) mass is 538 g/mol. The highest BCUT2D eigenvalue weighted by atomic mass is 16.5. The van der Waals surface area contributed by atoms with Crippen LogP contribution in [0.3, 0.4) is 0 Å². The van der Waals surface area contributed by atoms with Crippen LogP contribution in [0.5, 0.6) is 5.75 Å². The van der Waals surface area contributed by atoms with Crippen molar-refractivity contribution in [1.82, 2.24) is 0 Å². The lowest BCUT2D eigenvalue weighted by molar-refractivity contribution is -0.137. The third-order valence-corrected chi connectivity index (χ3v) is 5.47. The van der Waals surface area contributed by atoms with Crippen molar-refractivity contribution in [1.29, 1.82) is 0 Å². The van der Waals surface area contributed by atoms with E-state index in [-0.39, 0.29) is 19.2 Å². The molecule has 0 saturated carbocycles. The van der Waals surface area contributed by atoms with E-state index in [0.29, 0.717) is 29.7 Å². The Kier molecular flexibility index (Phi) is 13.1. The molecule has 3 aromatic carbocycles. The summed E-state index contributed by atoms with van der Waals surface area (Å²) in [5.41, 5.74) is 4.85. The Morgan fingerprint density at radius 3 is 1.57 bits per heavy atom. The number of benzene rings is 3. The van der Waals surface area contributed by atoms with Gasteiger partial charge in [0.2, 0.25) is 0 Å². The first-order valence-corrected chi connectivity index (χ1v) is 12.7. The average Bonchev–Trinajstić information content (AvgIpc) is 2.99. The lowest BCUT2D eigenvalue weighted by Crippen LogP contribution is -2.07. The molecule has 0 aliphatic heterocycles. The third-order valence-electron chi connectivity index (χ3n) is 5.47. The Hall–Kier alpha value is -4.97. The molecular formula is C34H34O6. The highest BCUT2D eigenvalue weighted by Gasteiger charge is 2.08. The maximum Gasteiger partial charge on any atom is 0.338 e. The van der Waals surface area contributed by atoms with Gasteiger partial charge < -0.3 is 14.2 Å². The van der Waals surface area contributed by atoms with Crippen LogP contribution in [0.25, 0.3) is 22.3 Å². The summed E-state index contributed by atoms with van der Waals surface area (Å²) in [7, 11) is 0. The van der Waals surface area contributed by atoms with Gasteiger partial charge in [-0.25, -0.2) is 14.4 Å². The van der Waals surface area contributed by atoms with Crippen LogP contribution in [0.15, 0.2) is 123 Å². The smallest absolute Gasteiger partial charge is 0.338 e. The van der Waals surface area contributed by atoms with E-state index in [9.17, 15) is 14.4 Å². The maximum absolute atomic E-state index is 12.3. The van der Waals surface area contributed by atoms with E-state index in [1.54, 1.807) is 31.2 Å². The van der Waals surface area contributed by atoms with E-state index < -0.39 is 11.9 Å². The molecule has 206 valence electrons. The molecule has 0 aliphatic carbocycles. The first kappa shape index (κ1) is 31.2. The molecule has 40 heavy (non-hydrogen) atoms. The molecule has 3 aromatic rings. The lowest BCUT2D eigenvalue weighted by Gasteiger charge is -2.08. The largest absolute Gasteiger partial charge is 0.462 e. The molecule has 0 saturated heterocycles. The van der Waals surface area contributed by atoms with E-state index in [4.69, 9.17) is 14.2 Å². The summed E-state index contributed by atoms with van der Waals surface area (Å²) in [6.45, 7) is 15.1. The highest BCUT2D eigenvalue weighted by Crippen LogP contribution is 2.27. The number of esters is 3. The first-order chi connectivity index (χ1) is 19.4. The summed E-state index contributed by atoms with van der Waals surface area (Å²) >= 11 is 0. The molecular weight excluding hydrogens is 504 g/mol. The van der Waals surface area contributed by atoms with Crippen LogP contribution in [0.1, 0.15) is 30.1 Å². The second-order valence-electron chi connectivity index (χ2n) is 8.41. The summed E-state index contributed by atoms with van der Waals surface area (Å²) in [5.74, 6) is -0.798. The molecule has 3 rings (SSSR count). The van der Waals surface area contributed by atoms with Crippen LogP contribution >= 0.6 is 0 Å². The normalized spacial score (nSPS) is 10.1. The van der Waals surface area contributed by atoms with Crippen LogP contribution in [-0.4, -0.2) is 31.1 Å². The van der Waals surface area contributed by atoms with Gasteiger partial charge >= 0.3 is 17.9 Å². The predicted octanol–water partition coefficient (Wildman–Crippen LogP) is 7.53. The van der Waals surface area contributed by atoms with Crippen molar-refractivity contribution in [2.45, 2.75) is 19.8 Å². The number of carbonyl (C=O) groups excluding carboxylic acids is 3. The standard InChI is InChI=1S/C32H30O6.C2H4/c1-4-30(33)36-21-7-5-6-8-22-37-32(35)28-15-13-26(14-16-28)24-9-11-25(12-10-24)27-17-19-29(20-18-27)38-31(34)23(2)3;1-2/h4-6,9-20H,1-2,7-8,21-22H2,3H3;1-2H2/b6-5+;. The first-order valence-electron chi connectivity index (χ1n) is 12.7. The van der Waals surface area contributed by atoms with Gasteiger partial charge in [-0.3, -0.25) is 0 Å². The fourth-order valence-corrected chi connectivity index (χ4v) is 3.39. The van der Waals surface area contributed by atoms with E-state index in [1.165, 1.54) is 0 Å². The van der Waals surface area contributed by atoms with Gasteiger partial charge in [-0.05, 0) is 66.3 Å². The van der Waals surface area contributed by atoms with Crippen LogP contribution < -0.4 is 4.74 Å². The van der Waals surface area contributed by atoms with Crippen LogP contribution in [0, 0.1) is 0 Å². The van der Waals surface area contributed by atoms with Gasteiger partial charge in [0.05, 0.1) is 18.8 Å². The summed E-state index contributed by atoms with van der Waals surface area (Å²) < 4.78 is 15.4. The number of hydrogen-bond acceptors (Lipinski definition) is 6. The van der Waals surface area contributed by atoms with Gasteiger partial charge in [0.15, 0.2) is 0 Å².